The molecule has 2 aromatic rings. The zero-order chi connectivity index (χ0) is 12.3. The van der Waals surface area contributed by atoms with E-state index in [1.165, 1.54) is 29.5 Å². The van der Waals surface area contributed by atoms with Gasteiger partial charge in [-0.1, -0.05) is 5.16 Å². The first-order chi connectivity index (χ1) is 8.26. The predicted octanol–water partition coefficient (Wildman–Crippen LogP) is 1.92. The fourth-order valence-electron chi connectivity index (χ4n) is 1.26. The molecule has 0 radical (unpaired) electrons. The third-order valence-corrected chi connectivity index (χ3v) is 4.05. The number of nitrogens with two attached hydrogens (primary N) is 1. The van der Waals surface area contributed by atoms with Crippen molar-refractivity contribution in [2.75, 3.05) is 17.3 Å². The van der Waals surface area contributed by atoms with E-state index in [9.17, 15) is 0 Å². The molecule has 0 spiro atoms. The van der Waals surface area contributed by atoms with Crippen LogP contribution in [0.4, 0.5) is 10.7 Å². The van der Waals surface area contributed by atoms with Crippen LogP contribution >= 0.6 is 23.1 Å². The summed E-state index contributed by atoms with van der Waals surface area (Å²) in [6, 6.07) is 2.07. The molecule has 0 aliphatic rings. The largest absolute Gasteiger partial charge is 0.396 e. The van der Waals surface area contributed by atoms with Crippen molar-refractivity contribution in [1.82, 2.24) is 10.1 Å². The lowest BCUT2D eigenvalue weighted by atomic mass is 10.4. The van der Waals surface area contributed by atoms with Crippen LogP contribution in [0.2, 0.25) is 0 Å². The lowest BCUT2D eigenvalue weighted by Gasteiger charge is -2.02. The molecule has 8 heteroatoms. The van der Waals surface area contributed by atoms with Crippen LogP contribution in [0.5, 0.6) is 0 Å². The predicted molar refractivity (Wildman–Crippen MR) is 66.9 cm³/mol. The molecule has 0 aromatic carbocycles. The molecular formula is C9H9N5OS2. The van der Waals surface area contributed by atoms with Gasteiger partial charge in [0.1, 0.15) is 15.9 Å². The summed E-state index contributed by atoms with van der Waals surface area (Å²) < 4.78 is 4.63. The highest BCUT2D eigenvalue weighted by molar-refractivity contribution is 7.99. The van der Waals surface area contributed by atoms with E-state index in [-0.39, 0.29) is 0 Å². The molecule has 0 atom stereocenters. The van der Waals surface area contributed by atoms with Crippen molar-refractivity contribution < 1.29 is 4.52 Å². The van der Waals surface area contributed by atoms with Crippen LogP contribution in [0.3, 0.4) is 0 Å². The summed E-state index contributed by atoms with van der Waals surface area (Å²) in [4.78, 5) is 5.30. The van der Waals surface area contributed by atoms with Gasteiger partial charge in [-0.3, -0.25) is 0 Å². The summed E-state index contributed by atoms with van der Waals surface area (Å²) >= 11 is 2.83. The number of hydrogen-bond acceptors (Lipinski definition) is 8. The molecular weight excluding hydrogens is 258 g/mol. The molecule has 0 saturated heterocycles. The first-order valence-corrected chi connectivity index (χ1v) is 6.65. The lowest BCUT2D eigenvalue weighted by molar-refractivity contribution is 0.411. The molecule has 2 aromatic heterocycles. The van der Waals surface area contributed by atoms with E-state index in [0.29, 0.717) is 22.9 Å². The van der Waals surface area contributed by atoms with Gasteiger partial charge in [0.15, 0.2) is 5.82 Å². The highest BCUT2D eigenvalue weighted by atomic mass is 32.2. The second kappa shape index (κ2) is 5.07. The molecule has 0 amide bonds. The molecule has 6 nitrogen and oxygen atoms in total. The summed E-state index contributed by atoms with van der Waals surface area (Å²) in [5.74, 6) is 0.558. The standard InChI is InChI=1S/C9H9N5OS2/c1-16-8-7(11)5(2-10)17-9(8)12-3-6-13-4-15-14-6/h4,12H,3,11H2,1H3. The van der Waals surface area contributed by atoms with Gasteiger partial charge in [-0.05, 0) is 6.26 Å². The number of hydrogen-bond donors (Lipinski definition) is 2. The topological polar surface area (TPSA) is 101 Å². The molecule has 0 fully saturated rings. The minimum atomic E-state index is 0.439. The molecule has 0 aliphatic carbocycles. The Morgan fingerprint density at radius 3 is 3.12 bits per heavy atom. The Morgan fingerprint density at radius 1 is 1.71 bits per heavy atom. The number of thiophene rings is 1. The van der Waals surface area contributed by atoms with Crippen molar-refractivity contribution >= 4 is 33.8 Å². The molecule has 88 valence electrons. The average molecular weight is 267 g/mol. The summed E-state index contributed by atoms with van der Waals surface area (Å²) in [7, 11) is 0. The van der Waals surface area contributed by atoms with Crippen molar-refractivity contribution in [2.24, 2.45) is 0 Å². The van der Waals surface area contributed by atoms with Gasteiger partial charge in [0.25, 0.3) is 0 Å². The van der Waals surface area contributed by atoms with Crippen LogP contribution in [0.15, 0.2) is 15.8 Å². The highest BCUT2D eigenvalue weighted by Crippen LogP contribution is 2.41. The lowest BCUT2D eigenvalue weighted by Crippen LogP contribution is -2.00. The van der Waals surface area contributed by atoms with E-state index in [0.717, 1.165) is 9.90 Å². The highest BCUT2D eigenvalue weighted by Gasteiger charge is 2.15. The Labute approximate surface area is 106 Å². The van der Waals surface area contributed by atoms with Crippen LogP contribution < -0.4 is 11.1 Å². The van der Waals surface area contributed by atoms with Gasteiger partial charge >= 0.3 is 0 Å². The summed E-state index contributed by atoms with van der Waals surface area (Å²) in [6.07, 6.45) is 3.19. The third-order valence-electron chi connectivity index (χ3n) is 2.02. The first kappa shape index (κ1) is 11.8. The van der Waals surface area contributed by atoms with Crippen molar-refractivity contribution in [1.29, 1.82) is 5.26 Å². The van der Waals surface area contributed by atoms with Crippen LogP contribution in [0, 0.1) is 11.3 Å². The Bertz CT molecular complexity index is 542. The van der Waals surface area contributed by atoms with Gasteiger partial charge < -0.3 is 15.6 Å². The zero-order valence-electron chi connectivity index (χ0n) is 8.93. The van der Waals surface area contributed by atoms with Crippen LogP contribution in [0.1, 0.15) is 10.7 Å². The van der Waals surface area contributed by atoms with Crippen molar-refractivity contribution in [2.45, 2.75) is 11.4 Å². The minimum absolute atomic E-state index is 0.439. The normalized spacial score (nSPS) is 10.1. The summed E-state index contributed by atoms with van der Waals surface area (Å²) in [5.41, 5.74) is 6.38. The number of aromatic nitrogens is 2. The Kier molecular flexibility index (Phi) is 3.51. The maximum Gasteiger partial charge on any atom is 0.213 e. The SMILES string of the molecule is CSc1c(NCc2ncon2)sc(C#N)c1N. The van der Waals surface area contributed by atoms with E-state index in [4.69, 9.17) is 11.0 Å². The van der Waals surface area contributed by atoms with Gasteiger partial charge in [0, 0.05) is 0 Å². The fraction of sp³-hybridized carbons (Fsp3) is 0.222. The van der Waals surface area contributed by atoms with Crippen molar-refractivity contribution in [3.05, 3.63) is 17.1 Å². The molecule has 0 bridgehead atoms. The van der Waals surface area contributed by atoms with Crippen molar-refractivity contribution in [3.8, 4) is 6.07 Å². The molecule has 0 saturated carbocycles. The Balaban J connectivity index is 2.18. The van der Waals surface area contributed by atoms with Gasteiger partial charge in [-0.25, -0.2) is 0 Å². The van der Waals surface area contributed by atoms with Crippen molar-refractivity contribution in [3.63, 3.8) is 0 Å². The summed E-state index contributed by atoms with van der Waals surface area (Å²) in [6.45, 7) is 0.439. The van der Waals surface area contributed by atoms with Gasteiger partial charge in [-0.2, -0.15) is 10.2 Å². The van der Waals surface area contributed by atoms with Crippen LogP contribution in [-0.2, 0) is 6.54 Å². The number of nitrogens with zero attached hydrogens (tertiary/aromatic N) is 3. The number of anilines is 2. The number of nitrogen functional groups attached to an aromatic ring is 1. The van der Waals surface area contributed by atoms with Gasteiger partial charge in [0.05, 0.1) is 17.1 Å². The quantitative estimate of drug-likeness (QED) is 0.816. The zero-order valence-corrected chi connectivity index (χ0v) is 10.6. The molecule has 0 unspecified atom stereocenters. The fourth-order valence-corrected chi connectivity index (χ4v) is 3.09. The molecule has 0 aliphatic heterocycles. The molecule has 2 heterocycles. The van der Waals surface area contributed by atoms with Gasteiger partial charge in [-0.15, -0.1) is 23.1 Å². The Hall–Kier alpha value is -1.72. The maximum atomic E-state index is 8.91. The number of thioether (sulfide) groups is 1. The summed E-state index contributed by atoms with van der Waals surface area (Å²) in [5, 5.41) is 16.6. The average Bonchev–Trinajstić information content (AvgIpc) is 2.94. The van der Waals surface area contributed by atoms with Gasteiger partial charge in [0.2, 0.25) is 6.39 Å². The Morgan fingerprint density at radius 2 is 2.53 bits per heavy atom. The van der Waals surface area contributed by atoms with E-state index >= 15 is 0 Å². The molecule has 3 N–H and O–H groups in total. The van der Waals surface area contributed by atoms with E-state index in [2.05, 4.69) is 26.0 Å². The van der Waals surface area contributed by atoms with Crippen LogP contribution in [-0.4, -0.2) is 16.4 Å². The second-order valence-corrected chi connectivity index (χ2v) is 4.86. The van der Waals surface area contributed by atoms with Crippen LogP contribution in [0.25, 0.3) is 0 Å². The van der Waals surface area contributed by atoms with E-state index < -0.39 is 0 Å². The third kappa shape index (κ3) is 2.35. The number of nitriles is 1. The first-order valence-electron chi connectivity index (χ1n) is 4.61. The smallest absolute Gasteiger partial charge is 0.213 e. The molecule has 2 rings (SSSR count). The number of rotatable bonds is 4. The number of nitrogens with one attached hydrogen (secondary N) is 1. The molecule has 17 heavy (non-hydrogen) atoms. The maximum absolute atomic E-state index is 8.91. The second-order valence-electron chi connectivity index (χ2n) is 3.02. The monoisotopic (exact) mass is 267 g/mol. The minimum Gasteiger partial charge on any atom is -0.396 e. The van der Waals surface area contributed by atoms with E-state index in [1.54, 1.807) is 0 Å². The van der Waals surface area contributed by atoms with E-state index in [1.807, 2.05) is 6.26 Å².